The molecule has 0 saturated carbocycles. The van der Waals surface area contributed by atoms with E-state index in [1.54, 1.807) is 18.9 Å². The number of hydrogen-bond donors (Lipinski definition) is 1. The summed E-state index contributed by atoms with van der Waals surface area (Å²) >= 11 is 1.75. The van der Waals surface area contributed by atoms with Crippen LogP contribution in [0.5, 0.6) is 0 Å². The molecule has 1 fully saturated rings. The normalized spacial score (nSPS) is 31.3. The first kappa shape index (κ1) is 5.41. The smallest absolute Gasteiger partial charge is 0.156 e. The van der Waals surface area contributed by atoms with Crippen LogP contribution in [0.2, 0.25) is 0 Å². The van der Waals surface area contributed by atoms with E-state index in [2.05, 4.69) is 5.32 Å². The molecule has 0 bridgehead atoms. The lowest BCUT2D eigenvalue weighted by atomic mass is 10.8. The van der Waals surface area contributed by atoms with Crippen molar-refractivity contribution >= 4 is 11.8 Å². The predicted molar refractivity (Wildman–Crippen MR) is 30.7 cm³/mol. The third-order valence-electron chi connectivity index (χ3n) is 0.799. The molecule has 41 valence electrons. The zero-order valence-corrected chi connectivity index (χ0v) is 4.99. The summed E-state index contributed by atoms with van der Waals surface area (Å²) in [5.74, 6) is 1.05. The Hall–Kier alpha value is 0.270. The fourth-order valence-corrected chi connectivity index (χ4v) is 1.16. The quantitative estimate of drug-likeness (QED) is 0.539. The molecular weight excluding hydrogens is 110 g/mol. The lowest BCUT2D eigenvalue weighted by molar-refractivity contribution is 0.158. The van der Waals surface area contributed by atoms with Gasteiger partial charge in [0.15, 0.2) is 5.56 Å². The molecule has 3 heteroatoms. The Balaban J connectivity index is 2.14. The van der Waals surface area contributed by atoms with Gasteiger partial charge >= 0.3 is 0 Å². The van der Waals surface area contributed by atoms with Crippen molar-refractivity contribution in [2.75, 3.05) is 12.9 Å². The van der Waals surface area contributed by atoms with Crippen LogP contribution in [0.4, 0.5) is 0 Å². The van der Waals surface area contributed by atoms with Crippen LogP contribution < -0.4 is 5.32 Å². The summed E-state index contributed by atoms with van der Waals surface area (Å²) < 4.78 is 4.93. The van der Waals surface area contributed by atoms with E-state index in [1.165, 1.54) is 0 Å². The van der Waals surface area contributed by atoms with Crippen molar-refractivity contribution in [1.29, 1.82) is 0 Å². The zero-order valence-electron chi connectivity index (χ0n) is 4.18. The van der Waals surface area contributed by atoms with Gasteiger partial charge in [-0.2, -0.15) is 0 Å². The molecule has 1 radical (unpaired) electrons. The number of thioether (sulfide) groups is 1. The summed E-state index contributed by atoms with van der Waals surface area (Å²) in [5.41, 5.74) is 0.208. The maximum atomic E-state index is 4.93. The minimum atomic E-state index is 0.208. The summed E-state index contributed by atoms with van der Waals surface area (Å²) in [6.45, 7) is 2.00. The molecule has 0 aliphatic carbocycles. The number of rotatable bonds is 1. The molecule has 0 aromatic rings. The van der Waals surface area contributed by atoms with Gasteiger partial charge in [-0.05, 0) is 0 Å². The lowest BCUT2D eigenvalue weighted by Gasteiger charge is -2.02. The van der Waals surface area contributed by atoms with Crippen molar-refractivity contribution in [1.82, 2.24) is 5.32 Å². The molecule has 1 saturated heterocycles. The molecule has 0 aromatic carbocycles. The minimum Gasteiger partial charge on any atom is -0.357 e. The van der Waals surface area contributed by atoms with Crippen molar-refractivity contribution in [3.8, 4) is 0 Å². The van der Waals surface area contributed by atoms with E-state index in [4.69, 9.17) is 4.74 Å². The topological polar surface area (TPSA) is 21.3 Å². The first-order valence-corrected chi connectivity index (χ1v) is 3.20. The van der Waals surface area contributed by atoms with Crippen LogP contribution in [-0.4, -0.2) is 18.4 Å². The average molecular weight is 118 g/mol. The first-order valence-electron chi connectivity index (χ1n) is 2.15. The molecule has 0 aromatic heterocycles. The van der Waals surface area contributed by atoms with Crippen LogP contribution in [0.1, 0.15) is 0 Å². The second-order valence-corrected chi connectivity index (χ2v) is 2.37. The van der Waals surface area contributed by atoms with Gasteiger partial charge in [0.05, 0.1) is 0 Å². The van der Waals surface area contributed by atoms with Crippen LogP contribution in [0.25, 0.3) is 0 Å². The van der Waals surface area contributed by atoms with Gasteiger partial charge in [-0.15, -0.1) is 11.8 Å². The van der Waals surface area contributed by atoms with Crippen molar-refractivity contribution in [2.24, 2.45) is 0 Å². The van der Waals surface area contributed by atoms with Crippen LogP contribution >= 0.6 is 11.8 Å². The largest absolute Gasteiger partial charge is 0.357 e. The number of ether oxygens (including phenoxy) is 1. The van der Waals surface area contributed by atoms with Crippen molar-refractivity contribution < 1.29 is 4.74 Å². The molecule has 1 rings (SSSR count). The zero-order chi connectivity index (χ0) is 5.11. The standard InChI is InChI=1S/C4H8NOS/c1-6-4-5-2-3-7-4/h2,4-5H,3H2,1H3. The van der Waals surface area contributed by atoms with E-state index in [-0.39, 0.29) is 5.56 Å². The Morgan fingerprint density at radius 2 is 2.86 bits per heavy atom. The highest BCUT2D eigenvalue weighted by atomic mass is 32.2. The summed E-state index contributed by atoms with van der Waals surface area (Å²) in [6.07, 6.45) is 0. The number of nitrogens with one attached hydrogen (secondary N) is 1. The van der Waals surface area contributed by atoms with Crippen LogP contribution in [0.3, 0.4) is 0 Å². The predicted octanol–water partition coefficient (Wildman–Crippen LogP) is 0.415. The molecular formula is C4H8NOS. The molecule has 7 heavy (non-hydrogen) atoms. The van der Waals surface area contributed by atoms with Gasteiger partial charge in [-0.25, -0.2) is 0 Å². The van der Waals surface area contributed by atoms with Crippen LogP contribution in [0.15, 0.2) is 0 Å². The van der Waals surface area contributed by atoms with E-state index >= 15 is 0 Å². The number of methoxy groups -OCH3 is 1. The monoisotopic (exact) mass is 118 g/mol. The third kappa shape index (κ3) is 1.33. The summed E-state index contributed by atoms with van der Waals surface area (Å²) in [4.78, 5) is 0. The van der Waals surface area contributed by atoms with Gasteiger partial charge in [-0.1, -0.05) is 0 Å². The Kier molecular flexibility index (Phi) is 1.97. The van der Waals surface area contributed by atoms with Crippen molar-refractivity contribution in [3.05, 3.63) is 6.54 Å². The first-order chi connectivity index (χ1) is 3.43. The average Bonchev–Trinajstić information content (AvgIpc) is 2.14. The van der Waals surface area contributed by atoms with Crippen molar-refractivity contribution in [3.63, 3.8) is 0 Å². The summed E-state index contributed by atoms with van der Waals surface area (Å²) in [7, 11) is 1.70. The maximum Gasteiger partial charge on any atom is 0.156 e. The molecule has 1 atom stereocenters. The molecule has 1 heterocycles. The van der Waals surface area contributed by atoms with E-state index in [1.807, 2.05) is 6.54 Å². The van der Waals surface area contributed by atoms with Gasteiger partial charge in [0.1, 0.15) is 0 Å². The fraction of sp³-hybridized carbons (Fsp3) is 0.750. The van der Waals surface area contributed by atoms with Gasteiger partial charge < -0.3 is 4.74 Å². The molecule has 0 amide bonds. The van der Waals surface area contributed by atoms with E-state index in [0.717, 1.165) is 5.75 Å². The van der Waals surface area contributed by atoms with Gasteiger partial charge in [0, 0.05) is 19.4 Å². The second-order valence-electron chi connectivity index (χ2n) is 1.27. The molecule has 0 spiro atoms. The Bertz CT molecular complexity index is 53.7. The second kappa shape index (κ2) is 2.55. The van der Waals surface area contributed by atoms with Crippen molar-refractivity contribution in [2.45, 2.75) is 5.56 Å². The molecule has 2 nitrogen and oxygen atoms in total. The highest BCUT2D eigenvalue weighted by molar-refractivity contribution is 8.00. The Morgan fingerprint density at radius 1 is 2.00 bits per heavy atom. The fourth-order valence-electron chi connectivity index (χ4n) is 0.464. The van der Waals surface area contributed by atoms with Gasteiger partial charge in [-0.3, -0.25) is 5.32 Å². The number of hydrogen-bond acceptors (Lipinski definition) is 3. The van der Waals surface area contributed by atoms with E-state index in [9.17, 15) is 0 Å². The summed E-state index contributed by atoms with van der Waals surface area (Å²) in [5, 5.41) is 3.02. The molecule has 1 unspecified atom stereocenters. The lowest BCUT2D eigenvalue weighted by Crippen LogP contribution is -2.17. The Morgan fingerprint density at radius 3 is 3.14 bits per heavy atom. The minimum absolute atomic E-state index is 0.208. The Labute approximate surface area is 47.6 Å². The maximum absolute atomic E-state index is 4.93. The van der Waals surface area contributed by atoms with E-state index in [0.29, 0.717) is 0 Å². The third-order valence-corrected chi connectivity index (χ3v) is 1.79. The molecule has 1 aliphatic heterocycles. The molecule has 1 N–H and O–H groups in total. The summed E-state index contributed by atoms with van der Waals surface area (Å²) in [6, 6.07) is 0. The SMILES string of the molecule is COC1N[CH]CS1. The highest BCUT2D eigenvalue weighted by Gasteiger charge is 2.11. The van der Waals surface area contributed by atoms with Crippen LogP contribution in [0, 0.1) is 6.54 Å². The van der Waals surface area contributed by atoms with E-state index < -0.39 is 0 Å². The van der Waals surface area contributed by atoms with Crippen LogP contribution in [-0.2, 0) is 4.74 Å². The van der Waals surface area contributed by atoms with Gasteiger partial charge in [0.25, 0.3) is 0 Å². The highest BCUT2D eigenvalue weighted by Crippen LogP contribution is 2.15. The molecule has 1 aliphatic rings. The van der Waals surface area contributed by atoms with Gasteiger partial charge in [0.2, 0.25) is 0 Å².